The Hall–Kier alpha value is -1.01. The SMILES string of the molecule is C#CCN(CC#C)S(=O)(=O)CCCN. The highest BCUT2D eigenvalue weighted by atomic mass is 32.2. The maximum absolute atomic E-state index is 11.5. The Morgan fingerprint density at radius 3 is 2.07 bits per heavy atom. The Kier molecular flexibility index (Phi) is 5.98. The van der Waals surface area contributed by atoms with E-state index in [9.17, 15) is 8.42 Å². The van der Waals surface area contributed by atoms with E-state index in [2.05, 4.69) is 11.8 Å². The number of sulfonamides is 1. The highest BCUT2D eigenvalue weighted by molar-refractivity contribution is 7.89. The van der Waals surface area contributed by atoms with Gasteiger partial charge in [0.25, 0.3) is 0 Å². The second kappa shape index (κ2) is 6.44. The largest absolute Gasteiger partial charge is 0.330 e. The first-order valence-electron chi connectivity index (χ1n) is 4.13. The van der Waals surface area contributed by atoms with Gasteiger partial charge in [-0.25, -0.2) is 8.42 Å². The molecule has 0 aliphatic heterocycles. The quantitative estimate of drug-likeness (QED) is 0.591. The standard InChI is InChI=1S/C9H14N2O2S/c1-3-7-11(8-4-2)14(12,13)9-5-6-10/h1-2H,5-10H2. The molecular weight excluding hydrogens is 200 g/mol. The molecule has 0 aromatic rings. The monoisotopic (exact) mass is 214 g/mol. The van der Waals surface area contributed by atoms with Gasteiger partial charge in [0.2, 0.25) is 10.0 Å². The van der Waals surface area contributed by atoms with Gasteiger partial charge in [0.1, 0.15) is 0 Å². The molecule has 0 rings (SSSR count). The molecule has 0 saturated carbocycles. The van der Waals surface area contributed by atoms with Crippen molar-refractivity contribution in [3.8, 4) is 24.7 Å². The van der Waals surface area contributed by atoms with E-state index < -0.39 is 10.0 Å². The lowest BCUT2D eigenvalue weighted by atomic mass is 10.5. The van der Waals surface area contributed by atoms with Gasteiger partial charge in [-0.3, -0.25) is 0 Å². The maximum atomic E-state index is 11.5. The summed E-state index contributed by atoms with van der Waals surface area (Å²) in [6.45, 7) is 0.355. The fourth-order valence-electron chi connectivity index (χ4n) is 0.851. The molecule has 0 saturated heterocycles. The topological polar surface area (TPSA) is 63.4 Å². The molecule has 2 N–H and O–H groups in total. The van der Waals surface area contributed by atoms with Gasteiger partial charge >= 0.3 is 0 Å². The van der Waals surface area contributed by atoms with Crippen LogP contribution in [-0.2, 0) is 10.0 Å². The van der Waals surface area contributed by atoms with Crippen LogP contribution in [0.1, 0.15) is 6.42 Å². The van der Waals surface area contributed by atoms with Crippen molar-refractivity contribution >= 4 is 10.0 Å². The lowest BCUT2D eigenvalue weighted by Gasteiger charge is -2.16. The molecule has 0 amide bonds. The number of nitrogens with two attached hydrogens (primary N) is 1. The molecule has 0 unspecified atom stereocenters. The van der Waals surface area contributed by atoms with E-state index >= 15 is 0 Å². The van der Waals surface area contributed by atoms with Gasteiger partial charge in [0, 0.05) is 0 Å². The van der Waals surface area contributed by atoms with E-state index in [1.165, 1.54) is 0 Å². The van der Waals surface area contributed by atoms with E-state index in [4.69, 9.17) is 18.6 Å². The van der Waals surface area contributed by atoms with Crippen molar-refractivity contribution in [3.63, 3.8) is 0 Å². The number of hydrogen-bond donors (Lipinski definition) is 1. The van der Waals surface area contributed by atoms with Crippen molar-refractivity contribution in [1.82, 2.24) is 4.31 Å². The highest BCUT2D eigenvalue weighted by Crippen LogP contribution is 2.01. The van der Waals surface area contributed by atoms with Crippen molar-refractivity contribution in [2.45, 2.75) is 6.42 Å². The molecule has 0 heterocycles. The molecule has 5 heteroatoms. The zero-order chi connectivity index (χ0) is 11.0. The van der Waals surface area contributed by atoms with E-state index in [1.54, 1.807) is 0 Å². The minimum Gasteiger partial charge on any atom is -0.330 e. The Bertz CT molecular complexity index is 319. The summed E-state index contributed by atoms with van der Waals surface area (Å²) in [6, 6.07) is 0. The van der Waals surface area contributed by atoms with Crippen LogP contribution in [0.25, 0.3) is 0 Å². The first-order valence-corrected chi connectivity index (χ1v) is 5.74. The van der Waals surface area contributed by atoms with Gasteiger partial charge in [-0.1, -0.05) is 11.8 Å². The molecule has 78 valence electrons. The van der Waals surface area contributed by atoms with Crippen LogP contribution in [-0.4, -0.2) is 38.1 Å². The Labute approximate surface area is 85.5 Å². The van der Waals surface area contributed by atoms with Crippen LogP contribution in [0.15, 0.2) is 0 Å². The van der Waals surface area contributed by atoms with E-state index in [-0.39, 0.29) is 18.8 Å². The average Bonchev–Trinajstić information content (AvgIpc) is 2.14. The zero-order valence-electron chi connectivity index (χ0n) is 7.94. The summed E-state index contributed by atoms with van der Waals surface area (Å²) in [5.41, 5.74) is 5.22. The lowest BCUT2D eigenvalue weighted by molar-refractivity contribution is 0.481. The zero-order valence-corrected chi connectivity index (χ0v) is 8.76. The number of terminal acetylenes is 2. The molecule has 0 aliphatic carbocycles. The molecule has 0 aromatic heterocycles. The summed E-state index contributed by atoms with van der Waals surface area (Å²) in [7, 11) is -3.34. The molecule has 4 nitrogen and oxygen atoms in total. The molecule has 0 fully saturated rings. The van der Waals surface area contributed by atoms with E-state index in [0.717, 1.165) is 4.31 Å². The molecule has 0 bridgehead atoms. The van der Waals surface area contributed by atoms with Gasteiger partial charge in [-0.2, -0.15) is 4.31 Å². The molecule has 0 spiro atoms. The molecule has 0 atom stereocenters. The van der Waals surface area contributed by atoms with Crippen LogP contribution in [0.3, 0.4) is 0 Å². The summed E-state index contributed by atoms with van der Waals surface area (Å²) in [5.74, 6) is 4.50. The van der Waals surface area contributed by atoms with Crippen LogP contribution < -0.4 is 5.73 Å². The van der Waals surface area contributed by atoms with Gasteiger partial charge in [0.15, 0.2) is 0 Å². The molecule has 0 radical (unpaired) electrons. The molecule has 0 aliphatic rings. The Morgan fingerprint density at radius 1 is 1.21 bits per heavy atom. The summed E-state index contributed by atoms with van der Waals surface area (Å²) >= 11 is 0. The van der Waals surface area contributed by atoms with Crippen LogP contribution in [0.5, 0.6) is 0 Å². The Morgan fingerprint density at radius 2 is 1.71 bits per heavy atom. The third-order valence-corrected chi connectivity index (χ3v) is 3.38. The van der Waals surface area contributed by atoms with Crippen molar-refractivity contribution in [3.05, 3.63) is 0 Å². The second-order valence-electron chi connectivity index (χ2n) is 2.63. The van der Waals surface area contributed by atoms with Gasteiger partial charge < -0.3 is 5.73 Å². The van der Waals surface area contributed by atoms with E-state index in [0.29, 0.717) is 13.0 Å². The summed E-state index contributed by atoms with van der Waals surface area (Å²) in [4.78, 5) is 0. The van der Waals surface area contributed by atoms with Crippen LogP contribution in [0, 0.1) is 24.7 Å². The minimum atomic E-state index is -3.34. The average molecular weight is 214 g/mol. The fraction of sp³-hybridized carbons (Fsp3) is 0.556. The van der Waals surface area contributed by atoms with Crippen LogP contribution in [0.4, 0.5) is 0 Å². The number of nitrogens with zero attached hydrogens (tertiary/aromatic N) is 1. The van der Waals surface area contributed by atoms with Gasteiger partial charge in [0.05, 0.1) is 18.8 Å². The minimum absolute atomic E-state index is 0.00708. The third-order valence-electron chi connectivity index (χ3n) is 1.54. The Balaban J connectivity index is 4.49. The smallest absolute Gasteiger partial charge is 0.215 e. The van der Waals surface area contributed by atoms with Crippen molar-refractivity contribution < 1.29 is 8.42 Å². The summed E-state index contributed by atoms with van der Waals surface area (Å²) in [5, 5.41) is 0. The first kappa shape index (κ1) is 13.0. The second-order valence-corrected chi connectivity index (χ2v) is 4.72. The van der Waals surface area contributed by atoms with Crippen LogP contribution in [0.2, 0.25) is 0 Å². The number of rotatable bonds is 6. The fourth-order valence-corrected chi connectivity index (χ4v) is 2.18. The summed E-state index contributed by atoms with van der Waals surface area (Å²) in [6.07, 6.45) is 10.5. The molecular formula is C9H14N2O2S. The predicted molar refractivity (Wildman–Crippen MR) is 56.7 cm³/mol. The normalized spacial score (nSPS) is 10.9. The maximum Gasteiger partial charge on any atom is 0.215 e. The van der Waals surface area contributed by atoms with Crippen LogP contribution >= 0.6 is 0 Å². The van der Waals surface area contributed by atoms with Gasteiger partial charge in [-0.15, -0.1) is 12.8 Å². The van der Waals surface area contributed by atoms with Crippen molar-refractivity contribution in [2.75, 3.05) is 25.4 Å². The first-order chi connectivity index (χ1) is 6.58. The molecule has 0 aromatic carbocycles. The number of hydrogen-bond acceptors (Lipinski definition) is 3. The third kappa shape index (κ3) is 4.29. The predicted octanol–water partition coefficient (Wildman–Crippen LogP) is -0.767. The lowest BCUT2D eigenvalue weighted by Crippen LogP contribution is -2.34. The highest BCUT2D eigenvalue weighted by Gasteiger charge is 2.19. The van der Waals surface area contributed by atoms with E-state index in [1.807, 2.05) is 0 Å². The van der Waals surface area contributed by atoms with Crippen molar-refractivity contribution in [1.29, 1.82) is 0 Å². The molecule has 14 heavy (non-hydrogen) atoms. The summed E-state index contributed by atoms with van der Waals surface area (Å²) < 4.78 is 24.2. The van der Waals surface area contributed by atoms with Gasteiger partial charge in [-0.05, 0) is 13.0 Å². The van der Waals surface area contributed by atoms with Crippen molar-refractivity contribution in [2.24, 2.45) is 5.73 Å².